The molecule has 0 unspecified atom stereocenters. The number of aryl methyl sites for hydroxylation is 2. The fourth-order valence-corrected chi connectivity index (χ4v) is 1.91. The van der Waals surface area contributed by atoms with E-state index in [0.29, 0.717) is 0 Å². The Morgan fingerprint density at radius 1 is 1.16 bits per heavy atom. The lowest BCUT2D eigenvalue weighted by Crippen LogP contribution is -1.97. The molecule has 0 fully saturated rings. The molecule has 0 aliphatic rings. The summed E-state index contributed by atoms with van der Waals surface area (Å²) in [6.07, 6.45) is 1.49. The summed E-state index contributed by atoms with van der Waals surface area (Å²) >= 11 is 0. The minimum Gasteiger partial charge on any atom is -0.497 e. The molecule has 2 aromatic heterocycles. The van der Waals surface area contributed by atoms with Crippen LogP contribution in [0.25, 0.3) is 11.4 Å². The van der Waals surface area contributed by atoms with Crippen LogP contribution in [0.5, 0.6) is 5.75 Å². The summed E-state index contributed by atoms with van der Waals surface area (Å²) in [5.41, 5.74) is 3.51. The molecule has 100 valence electrons. The van der Waals surface area contributed by atoms with Gasteiger partial charge in [-0.05, 0) is 31.9 Å². The van der Waals surface area contributed by atoms with Crippen LogP contribution in [0.4, 0.5) is 0 Å². The van der Waals surface area contributed by atoms with Gasteiger partial charge in [0.25, 0.3) is 0 Å². The molecule has 0 aromatic carbocycles. The molecule has 0 bridgehead atoms. The van der Waals surface area contributed by atoms with Crippen LogP contribution >= 0.6 is 0 Å². The lowest BCUT2D eigenvalue weighted by atomic mass is 10.1. The van der Waals surface area contributed by atoms with Gasteiger partial charge in [0.15, 0.2) is 0 Å². The van der Waals surface area contributed by atoms with E-state index in [9.17, 15) is 0 Å². The predicted octanol–water partition coefficient (Wildman–Crippen LogP) is 2.39. The van der Waals surface area contributed by atoms with Crippen molar-refractivity contribution in [3.05, 3.63) is 41.7 Å². The largest absolute Gasteiger partial charge is 0.497 e. The highest BCUT2D eigenvalue weighted by molar-refractivity contribution is 5.56. The van der Waals surface area contributed by atoms with Crippen molar-refractivity contribution in [2.24, 2.45) is 0 Å². The summed E-state index contributed by atoms with van der Waals surface area (Å²) in [5, 5.41) is 8.86. The SMILES string of the molecule is COc1cc(C)nc(-c2cccc(CCCO)n2)c1. The molecule has 0 aliphatic heterocycles. The molecule has 0 spiro atoms. The second-order valence-corrected chi connectivity index (χ2v) is 4.37. The van der Waals surface area contributed by atoms with Crippen LogP contribution in [-0.4, -0.2) is 28.8 Å². The number of aliphatic hydroxyl groups is 1. The zero-order chi connectivity index (χ0) is 13.7. The minimum atomic E-state index is 0.183. The number of hydrogen-bond donors (Lipinski definition) is 1. The van der Waals surface area contributed by atoms with Gasteiger partial charge in [0.2, 0.25) is 0 Å². The molecule has 0 saturated carbocycles. The average molecular weight is 258 g/mol. The zero-order valence-corrected chi connectivity index (χ0v) is 11.3. The second-order valence-electron chi connectivity index (χ2n) is 4.37. The monoisotopic (exact) mass is 258 g/mol. The smallest absolute Gasteiger partial charge is 0.122 e. The normalized spacial score (nSPS) is 10.5. The summed E-state index contributed by atoms with van der Waals surface area (Å²) in [7, 11) is 1.64. The fourth-order valence-electron chi connectivity index (χ4n) is 1.91. The molecular weight excluding hydrogens is 240 g/mol. The molecule has 2 rings (SSSR count). The molecule has 0 atom stereocenters. The molecule has 2 heterocycles. The number of aliphatic hydroxyl groups excluding tert-OH is 1. The van der Waals surface area contributed by atoms with Crippen molar-refractivity contribution >= 4 is 0 Å². The fraction of sp³-hybridized carbons (Fsp3) is 0.333. The van der Waals surface area contributed by atoms with Crippen LogP contribution in [0, 0.1) is 6.92 Å². The van der Waals surface area contributed by atoms with Crippen molar-refractivity contribution < 1.29 is 9.84 Å². The molecule has 0 radical (unpaired) electrons. The van der Waals surface area contributed by atoms with Gasteiger partial charge >= 0.3 is 0 Å². The van der Waals surface area contributed by atoms with Gasteiger partial charge in [0.1, 0.15) is 5.75 Å². The summed E-state index contributed by atoms with van der Waals surface area (Å²) in [6.45, 7) is 2.12. The maximum atomic E-state index is 8.86. The number of methoxy groups -OCH3 is 1. The molecule has 1 N–H and O–H groups in total. The maximum absolute atomic E-state index is 8.86. The Balaban J connectivity index is 2.32. The zero-order valence-electron chi connectivity index (χ0n) is 11.3. The standard InChI is InChI=1S/C15H18N2O2/c1-11-9-13(19-2)10-15(16-11)14-7-3-5-12(17-14)6-4-8-18/h3,5,7,9-10,18H,4,6,8H2,1-2H3. The maximum Gasteiger partial charge on any atom is 0.122 e. The van der Waals surface area contributed by atoms with Crippen molar-refractivity contribution in [1.29, 1.82) is 0 Å². The Morgan fingerprint density at radius 2 is 2.00 bits per heavy atom. The van der Waals surface area contributed by atoms with Crippen molar-refractivity contribution in [1.82, 2.24) is 9.97 Å². The molecule has 0 saturated heterocycles. The van der Waals surface area contributed by atoms with E-state index < -0.39 is 0 Å². The number of pyridine rings is 2. The highest BCUT2D eigenvalue weighted by Gasteiger charge is 2.06. The van der Waals surface area contributed by atoms with E-state index in [2.05, 4.69) is 9.97 Å². The van der Waals surface area contributed by atoms with Crippen LogP contribution in [0.1, 0.15) is 17.8 Å². The van der Waals surface area contributed by atoms with Gasteiger partial charge < -0.3 is 9.84 Å². The molecular formula is C15H18N2O2. The van der Waals surface area contributed by atoms with E-state index >= 15 is 0 Å². The van der Waals surface area contributed by atoms with E-state index in [1.165, 1.54) is 0 Å². The third-order valence-electron chi connectivity index (χ3n) is 2.82. The van der Waals surface area contributed by atoms with Crippen molar-refractivity contribution in [3.63, 3.8) is 0 Å². The minimum absolute atomic E-state index is 0.183. The van der Waals surface area contributed by atoms with E-state index in [4.69, 9.17) is 9.84 Å². The van der Waals surface area contributed by atoms with Crippen molar-refractivity contribution in [3.8, 4) is 17.1 Å². The molecule has 19 heavy (non-hydrogen) atoms. The van der Waals surface area contributed by atoms with Gasteiger partial charge in [-0.1, -0.05) is 6.07 Å². The van der Waals surface area contributed by atoms with Gasteiger partial charge in [-0.3, -0.25) is 9.97 Å². The van der Waals surface area contributed by atoms with Crippen molar-refractivity contribution in [2.45, 2.75) is 19.8 Å². The number of nitrogens with zero attached hydrogens (tertiary/aromatic N) is 2. The van der Waals surface area contributed by atoms with Gasteiger partial charge in [0.05, 0.1) is 18.5 Å². The Bertz CT molecular complexity index is 556. The Hall–Kier alpha value is -1.94. The van der Waals surface area contributed by atoms with Crippen LogP contribution in [0.15, 0.2) is 30.3 Å². The Labute approximate surface area is 113 Å². The first-order valence-electron chi connectivity index (χ1n) is 6.33. The van der Waals surface area contributed by atoms with E-state index in [1.807, 2.05) is 37.3 Å². The third kappa shape index (κ3) is 3.51. The number of rotatable bonds is 5. The first kappa shape index (κ1) is 13.5. The lowest BCUT2D eigenvalue weighted by Gasteiger charge is -2.07. The van der Waals surface area contributed by atoms with Gasteiger partial charge in [-0.2, -0.15) is 0 Å². The number of ether oxygens (including phenoxy) is 1. The topological polar surface area (TPSA) is 55.2 Å². The van der Waals surface area contributed by atoms with Gasteiger partial charge in [-0.15, -0.1) is 0 Å². The molecule has 4 heteroatoms. The van der Waals surface area contributed by atoms with Gasteiger partial charge in [-0.25, -0.2) is 0 Å². The number of hydrogen-bond acceptors (Lipinski definition) is 4. The molecule has 2 aromatic rings. The highest BCUT2D eigenvalue weighted by atomic mass is 16.5. The average Bonchev–Trinajstić information content (AvgIpc) is 2.44. The number of aromatic nitrogens is 2. The van der Waals surface area contributed by atoms with Gasteiger partial charge in [0, 0.05) is 30.1 Å². The summed E-state index contributed by atoms with van der Waals surface area (Å²) < 4.78 is 5.25. The van der Waals surface area contributed by atoms with E-state index in [0.717, 1.165) is 41.4 Å². The van der Waals surface area contributed by atoms with E-state index in [-0.39, 0.29) is 6.61 Å². The second kappa shape index (κ2) is 6.29. The van der Waals surface area contributed by atoms with Crippen molar-refractivity contribution in [2.75, 3.05) is 13.7 Å². The predicted molar refractivity (Wildman–Crippen MR) is 74.2 cm³/mol. The molecule has 0 aliphatic carbocycles. The Morgan fingerprint density at radius 3 is 2.74 bits per heavy atom. The Kier molecular flexibility index (Phi) is 4.47. The highest BCUT2D eigenvalue weighted by Crippen LogP contribution is 2.21. The van der Waals surface area contributed by atoms with Crippen LogP contribution in [0.3, 0.4) is 0 Å². The molecule has 4 nitrogen and oxygen atoms in total. The quantitative estimate of drug-likeness (QED) is 0.894. The summed E-state index contributed by atoms with van der Waals surface area (Å²) in [6, 6.07) is 9.63. The van der Waals surface area contributed by atoms with E-state index in [1.54, 1.807) is 7.11 Å². The first-order valence-corrected chi connectivity index (χ1v) is 6.33. The lowest BCUT2D eigenvalue weighted by molar-refractivity contribution is 0.288. The van der Waals surface area contributed by atoms with Crippen LogP contribution in [-0.2, 0) is 6.42 Å². The summed E-state index contributed by atoms with van der Waals surface area (Å²) in [5.74, 6) is 0.782. The molecule has 0 amide bonds. The van der Waals surface area contributed by atoms with Crippen LogP contribution < -0.4 is 4.74 Å². The first-order chi connectivity index (χ1) is 9.22. The third-order valence-corrected chi connectivity index (χ3v) is 2.82. The summed E-state index contributed by atoms with van der Waals surface area (Å²) in [4.78, 5) is 9.05. The van der Waals surface area contributed by atoms with Crippen LogP contribution in [0.2, 0.25) is 0 Å².